The van der Waals surface area contributed by atoms with Gasteiger partial charge < -0.3 is 18.3 Å². The van der Waals surface area contributed by atoms with Crippen LogP contribution in [0.1, 0.15) is 11.1 Å². The number of hydrogen-bond acceptors (Lipinski definition) is 0. The molecule has 6 aromatic carbocycles. The maximum Gasteiger partial charge on any atom is 0.0528 e. The first-order valence-electron chi connectivity index (χ1n) is 16.8. The molecule has 10 rings (SSSR count). The van der Waals surface area contributed by atoms with Gasteiger partial charge in [0.2, 0.25) is 0 Å². The standard InChI is InChI=1S/C45H32N4/c1-5-13-42-34(9-1)17-21-46(42)38-26-32(27-39(30-38)47-22-18-35-10-2-6-14-43(35)47)25-33-28-40(48-23-19-36-11-3-7-15-44(36)48)31-41(29-33)49-24-20-37-12-4-8-16-45(37)49/h1-24,26-31H,25H2. The van der Waals surface area contributed by atoms with Gasteiger partial charge in [-0.1, -0.05) is 72.8 Å². The summed E-state index contributed by atoms with van der Waals surface area (Å²) in [6.07, 6.45) is 9.53. The fraction of sp³-hybridized carbons (Fsp3) is 0.0222. The average molecular weight is 629 g/mol. The van der Waals surface area contributed by atoms with Gasteiger partial charge in [-0.05, 0) is 124 Å². The number of hydrogen-bond donors (Lipinski definition) is 0. The van der Waals surface area contributed by atoms with Crippen LogP contribution in [0, 0.1) is 0 Å². The van der Waals surface area contributed by atoms with Crippen LogP contribution in [0.2, 0.25) is 0 Å². The van der Waals surface area contributed by atoms with Gasteiger partial charge in [0, 0.05) is 47.5 Å². The first-order valence-corrected chi connectivity index (χ1v) is 16.8. The van der Waals surface area contributed by atoms with E-state index in [1.165, 1.54) is 54.7 Å². The van der Waals surface area contributed by atoms with Crippen LogP contribution < -0.4 is 0 Å². The van der Waals surface area contributed by atoms with Crippen LogP contribution in [0.25, 0.3) is 66.4 Å². The van der Waals surface area contributed by atoms with Crippen molar-refractivity contribution in [3.05, 3.63) is 194 Å². The molecule has 0 N–H and O–H groups in total. The van der Waals surface area contributed by atoms with Gasteiger partial charge in [-0.15, -0.1) is 0 Å². The van der Waals surface area contributed by atoms with E-state index >= 15 is 0 Å². The Kier molecular flexibility index (Phi) is 6.21. The minimum atomic E-state index is 0.776. The van der Waals surface area contributed by atoms with Gasteiger partial charge in [0.25, 0.3) is 0 Å². The van der Waals surface area contributed by atoms with Crippen molar-refractivity contribution in [1.29, 1.82) is 0 Å². The van der Waals surface area contributed by atoms with Gasteiger partial charge in [0.05, 0.1) is 22.1 Å². The lowest BCUT2D eigenvalue weighted by atomic mass is 10.0. The summed E-state index contributed by atoms with van der Waals surface area (Å²) < 4.78 is 9.25. The van der Waals surface area contributed by atoms with Crippen LogP contribution in [0.3, 0.4) is 0 Å². The van der Waals surface area contributed by atoms with Gasteiger partial charge in [-0.25, -0.2) is 0 Å². The van der Waals surface area contributed by atoms with E-state index in [0.717, 1.165) is 29.2 Å². The SMILES string of the molecule is c1ccc2c(c1)ccn2-c1cc(Cc2cc(-n3ccc4ccccc43)cc(-n3ccc4ccccc43)c2)cc(-n2ccc3ccccc32)c1. The van der Waals surface area contributed by atoms with Gasteiger partial charge in [0.1, 0.15) is 0 Å². The number of rotatable bonds is 6. The largest absolute Gasteiger partial charge is 0.316 e. The fourth-order valence-corrected chi connectivity index (χ4v) is 7.54. The van der Waals surface area contributed by atoms with Crippen LogP contribution in [0.4, 0.5) is 0 Å². The highest BCUT2D eigenvalue weighted by atomic mass is 15.0. The highest BCUT2D eigenvalue weighted by Crippen LogP contribution is 2.31. The van der Waals surface area contributed by atoms with E-state index in [-0.39, 0.29) is 0 Å². The Labute approximate surface area is 283 Å². The molecular formula is C45H32N4. The van der Waals surface area contributed by atoms with Gasteiger partial charge in [-0.2, -0.15) is 0 Å². The van der Waals surface area contributed by atoms with E-state index in [2.05, 4.69) is 201 Å². The summed E-state index contributed by atoms with van der Waals surface area (Å²) >= 11 is 0. The zero-order chi connectivity index (χ0) is 32.3. The Morgan fingerprint density at radius 3 is 0.837 bits per heavy atom. The second-order valence-electron chi connectivity index (χ2n) is 12.9. The first kappa shape index (κ1) is 27.6. The Bertz CT molecular complexity index is 2440. The molecule has 4 aromatic heterocycles. The molecule has 232 valence electrons. The summed E-state index contributed by atoms with van der Waals surface area (Å²) in [5, 5.41) is 4.93. The number of aromatic nitrogens is 4. The maximum absolute atomic E-state index is 2.35. The third kappa shape index (κ3) is 4.68. The summed E-state index contributed by atoms with van der Waals surface area (Å²) in [7, 11) is 0. The number of para-hydroxylation sites is 4. The lowest BCUT2D eigenvalue weighted by Gasteiger charge is -2.16. The van der Waals surface area contributed by atoms with E-state index in [1.54, 1.807) is 0 Å². The zero-order valence-electron chi connectivity index (χ0n) is 26.8. The quantitative estimate of drug-likeness (QED) is 0.175. The Morgan fingerprint density at radius 1 is 0.286 bits per heavy atom. The second-order valence-corrected chi connectivity index (χ2v) is 12.9. The van der Waals surface area contributed by atoms with E-state index in [1.807, 2.05) is 0 Å². The molecule has 0 aliphatic heterocycles. The van der Waals surface area contributed by atoms with Gasteiger partial charge in [-0.3, -0.25) is 0 Å². The average Bonchev–Trinajstić information content (AvgIpc) is 3.96. The number of fused-ring (bicyclic) bond motifs is 4. The van der Waals surface area contributed by atoms with Crippen molar-refractivity contribution in [2.75, 3.05) is 0 Å². The molecule has 0 saturated heterocycles. The van der Waals surface area contributed by atoms with Crippen molar-refractivity contribution < 1.29 is 0 Å². The van der Waals surface area contributed by atoms with Gasteiger partial charge in [0.15, 0.2) is 0 Å². The van der Waals surface area contributed by atoms with Crippen molar-refractivity contribution in [2.45, 2.75) is 6.42 Å². The second kappa shape index (κ2) is 11.0. The summed E-state index contributed by atoms with van der Waals surface area (Å²) in [5.74, 6) is 0. The van der Waals surface area contributed by atoms with Crippen LogP contribution in [0.5, 0.6) is 0 Å². The predicted octanol–water partition coefficient (Wildman–Crippen LogP) is 11.1. The zero-order valence-corrected chi connectivity index (χ0v) is 26.8. The molecule has 0 fully saturated rings. The topological polar surface area (TPSA) is 19.7 Å². The maximum atomic E-state index is 2.35. The summed E-state index contributed by atoms with van der Waals surface area (Å²) in [6.45, 7) is 0. The van der Waals surface area contributed by atoms with E-state index in [4.69, 9.17) is 0 Å². The van der Waals surface area contributed by atoms with Crippen LogP contribution in [-0.2, 0) is 6.42 Å². The molecule has 0 spiro atoms. The molecule has 4 nitrogen and oxygen atoms in total. The predicted molar refractivity (Wildman–Crippen MR) is 203 cm³/mol. The Balaban J connectivity index is 1.16. The molecule has 4 heteroatoms. The van der Waals surface area contributed by atoms with Crippen molar-refractivity contribution >= 4 is 43.6 Å². The van der Waals surface area contributed by atoms with Crippen LogP contribution in [0.15, 0.2) is 183 Å². The van der Waals surface area contributed by atoms with Crippen molar-refractivity contribution in [3.63, 3.8) is 0 Å². The molecule has 0 unspecified atom stereocenters. The van der Waals surface area contributed by atoms with Crippen LogP contribution in [-0.4, -0.2) is 18.3 Å². The minimum absolute atomic E-state index is 0.776. The number of benzene rings is 6. The molecule has 49 heavy (non-hydrogen) atoms. The molecule has 0 aliphatic rings. The lowest BCUT2D eigenvalue weighted by molar-refractivity contribution is 1.04. The molecule has 0 amide bonds. The van der Waals surface area contributed by atoms with Crippen LogP contribution >= 0.6 is 0 Å². The molecule has 0 aliphatic carbocycles. The molecule has 10 aromatic rings. The molecule has 0 saturated carbocycles. The van der Waals surface area contributed by atoms with Gasteiger partial charge >= 0.3 is 0 Å². The third-order valence-electron chi connectivity index (χ3n) is 9.84. The monoisotopic (exact) mass is 628 g/mol. The van der Waals surface area contributed by atoms with E-state index in [9.17, 15) is 0 Å². The first-order chi connectivity index (χ1) is 24.2. The molecular weight excluding hydrogens is 597 g/mol. The van der Waals surface area contributed by atoms with E-state index < -0.39 is 0 Å². The molecule has 4 heterocycles. The van der Waals surface area contributed by atoms with Crippen molar-refractivity contribution in [1.82, 2.24) is 18.3 Å². The normalized spacial score (nSPS) is 11.8. The summed E-state index contributed by atoms with van der Waals surface area (Å²) in [6, 6.07) is 57.2. The highest BCUT2D eigenvalue weighted by Gasteiger charge is 2.13. The molecule has 0 atom stereocenters. The van der Waals surface area contributed by atoms with Crippen molar-refractivity contribution in [2.24, 2.45) is 0 Å². The smallest absolute Gasteiger partial charge is 0.0528 e. The Morgan fingerprint density at radius 2 is 0.551 bits per heavy atom. The van der Waals surface area contributed by atoms with E-state index in [0.29, 0.717) is 0 Å². The summed E-state index contributed by atoms with van der Waals surface area (Å²) in [5.41, 5.74) is 11.9. The van der Waals surface area contributed by atoms with Crippen molar-refractivity contribution in [3.8, 4) is 22.7 Å². The molecule has 0 radical (unpaired) electrons. The Hall–Kier alpha value is -6.52. The fourth-order valence-electron chi connectivity index (χ4n) is 7.54. The molecule has 0 bridgehead atoms. The number of nitrogens with zero attached hydrogens (tertiary/aromatic N) is 4. The highest BCUT2D eigenvalue weighted by molar-refractivity contribution is 5.85. The lowest BCUT2D eigenvalue weighted by Crippen LogP contribution is -2.02. The minimum Gasteiger partial charge on any atom is -0.316 e. The third-order valence-corrected chi connectivity index (χ3v) is 9.84. The summed E-state index contributed by atoms with van der Waals surface area (Å²) in [4.78, 5) is 0.